The third-order valence-corrected chi connectivity index (χ3v) is 2.19. The van der Waals surface area contributed by atoms with E-state index in [1.54, 1.807) is 35.9 Å². The SMILES string of the molecule is Cc1cc(NC(=O)Cn2cccc2C=O)no1. The number of hydrogen-bond donors (Lipinski definition) is 1. The number of nitrogens with zero attached hydrogens (tertiary/aromatic N) is 2. The molecule has 2 rings (SSSR count). The van der Waals surface area contributed by atoms with E-state index in [4.69, 9.17) is 4.52 Å². The van der Waals surface area contributed by atoms with Gasteiger partial charge in [-0.3, -0.25) is 9.59 Å². The Morgan fingerprint density at radius 3 is 3.12 bits per heavy atom. The van der Waals surface area contributed by atoms with Crippen LogP contribution < -0.4 is 5.32 Å². The van der Waals surface area contributed by atoms with E-state index in [1.807, 2.05) is 0 Å². The standard InChI is InChI=1S/C11H11N3O3/c1-8-5-10(13-17-8)12-11(16)6-14-4-2-3-9(14)7-15/h2-5,7H,6H2,1H3,(H,12,13,16). The molecule has 0 aliphatic carbocycles. The smallest absolute Gasteiger partial charge is 0.245 e. The van der Waals surface area contributed by atoms with Gasteiger partial charge in [-0.2, -0.15) is 0 Å². The molecule has 2 aromatic heterocycles. The van der Waals surface area contributed by atoms with E-state index in [0.29, 0.717) is 23.6 Å². The average molecular weight is 233 g/mol. The van der Waals surface area contributed by atoms with Crippen molar-refractivity contribution in [3.63, 3.8) is 0 Å². The number of aldehydes is 1. The Kier molecular flexibility index (Phi) is 3.04. The molecule has 0 aromatic carbocycles. The predicted molar refractivity (Wildman–Crippen MR) is 59.7 cm³/mol. The highest BCUT2D eigenvalue weighted by molar-refractivity contribution is 5.90. The summed E-state index contributed by atoms with van der Waals surface area (Å²) in [6.45, 7) is 1.80. The van der Waals surface area contributed by atoms with Gasteiger partial charge >= 0.3 is 0 Å². The number of anilines is 1. The second kappa shape index (κ2) is 4.65. The van der Waals surface area contributed by atoms with Crippen LogP contribution in [0, 0.1) is 6.92 Å². The second-order valence-electron chi connectivity index (χ2n) is 3.55. The maximum Gasteiger partial charge on any atom is 0.245 e. The number of rotatable bonds is 4. The maximum atomic E-state index is 11.6. The van der Waals surface area contributed by atoms with Crippen molar-refractivity contribution < 1.29 is 14.1 Å². The summed E-state index contributed by atoms with van der Waals surface area (Å²) in [4.78, 5) is 22.3. The van der Waals surface area contributed by atoms with Crippen molar-refractivity contribution in [3.8, 4) is 0 Å². The quantitative estimate of drug-likeness (QED) is 0.806. The highest BCUT2D eigenvalue weighted by Crippen LogP contribution is 2.07. The third-order valence-electron chi connectivity index (χ3n) is 2.19. The molecule has 0 unspecified atom stereocenters. The van der Waals surface area contributed by atoms with Crippen LogP contribution >= 0.6 is 0 Å². The van der Waals surface area contributed by atoms with E-state index in [-0.39, 0.29) is 12.5 Å². The van der Waals surface area contributed by atoms with E-state index in [2.05, 4.69) is 10.5 Å². The van der Waals surface area contributed by atoms with Gasteiger partial charge < -0.3 is 14.4 Å². The fraction of sp³-hybridized carbons (Fsp3) is 0.182. The van der Waals surface area contributed by atoms with Crippen LogP contribution in [0.4, 0.5) is 5.82 Å². The van der Waals surface area contributed by atoms with E-state index in [0.717, 1.165) is 0 Å². The maximum absolute atomic E-state index is 11.6. The van der Waals surface area contributed by atoms with Crippen molar-refractivity contribution in [2.75, 3.05) is 5.32 Å². The zero-order valence-electron chi connectivity index (χ0n) is 9.21. The summed E-state index contributed by atoms with van der Waals surface area (Å²) in [6.07, 6.45) is 2.37. The molecule has 6 nitrogen and oxygen atoms in total. The van der Waals surface area contributed by atoms with Gasteiger partial charge in [-0.05, 0) is 19.1 Å². The number of amides is 1. The minimum Gasteiger partial charge on any atom is -0.360 e. The van der Waals surface area contributed by atoms with Crippen molar-refractivity contribution in [2.45, 2.75) is 13.5 Å². The van der Waals surface area contributed by atoms with Crippen molar-refractivity contribution in [1.82, 2.24) is 9.72 Å². The molecule has 1 amide bonds. The van der Waals surface area contributed by atoms with Crippen LogP contribution in [-0.4, -0.2) is 21.9 Å². The zero-order chi connectivity index (χ0) is 12.3. The van der Waals surface area contributed by atoms with Gasteiger partial charge in [-0.15, -0.1) is 0 Å². The van der Waals surface area contributed by atoms with Gasteiger partial charge in [0.1, 0.15) is 12.3 Å². The molecule has 0 bridgehead atoms. The Morgan fingerprint density at radius 1 is 1.65 bits per heavy atom. The molecule has 0 atom stereocenters. The third kappa shape index (κ3) is 2.60. The minimum atomic E-state index is -0.266. The number of aryl methyl sites for hydroxylation is 1. The molecule has 0 aliphatic rings. The molecule has 2 heterocycles. The molecule has 2 aromatic rings. The average Bonchev–Trinajstić information content (AvgIpc) is 2.87. The molecule has 1 N–H and O–H groups in total. The lowest BCUT2D eigenvalue weighted by atomic mass is 10.4. The first-order valence-electron chi connectivity index (χ1n) is 5.02. The number of hydrogen-bond acceptors (Lipinski definition) is 4. The number of nitrogens with one attached hydrogen (secondary N) is 1. The highest BCUT2D eigenvalue weighted by atomic mass is 16.5. The largest absolute Gasteiger partial charge is 0.360 e. The summed E-state index contributed by atoms with van der Waals surface area (Å²) >= 11 is 0. The van der Waals surface area contributed by atoms with Crippen molar-refractivity contribution in [3.05, 3.63) is 35.9 Å². The first kappa shape index (κ1) is 11.1. The van der Waals surface area contributed by atoms with Crippen molar-refractivity contribution in [1.29, 1.82) is 0 Å². The molecular weight excluding hydrogens is 222 g/mol. The molecule has 6 heteroatoms. The highest BCUT2D eigenvalue weighted by Gasteiger charge is 2.08. The minimum absolute atomic E-state index is 0.0625. The summed E-state index contributed by atoms with van der Waals surface area (Å²) in [7, 11) is 0. The van der Waals surface area contributed by atoms with Crippen LogP contribution in [0.1, 0.15) is 16.2 Å². The molecule has 0 aliphatic heterocycles. The summed E-state index contributed by atoms with van der Waals surface area (Å²) < 4.78 is 6.37. The monoisotopic (exact) mass is 233 g/mol. The van der Waals surface area contributed by atoms with Gasteiger partial charge in [0.05, 0.1) is 5.69 Å². The number of carbonyl (C=O) groups excluding carboxylic acids is 2. The van der Waals surface area contributed by atoms with Gasteiger partial charge in [0.15, 0.2) is 12.1 Å². The van der Waals surface area contributed by atoms with E-state index in [9.17, 15) is 9.59 Å². The summed E-state index contributed by atoms with van der Waals surface area (Å²) in [5, 5.41) is 6.21. The van der Waals surface area contributed by atoms with Crippen LogP contribution in [0.2, 0.25) is 0 Å². The van der Waals surface area contributed by atoms with E-state index >= 15 is 0 Å². The van der Waals surface area contributed by atoms with E-state index in [1.165, 1.54) is 0 Å². The fourth-order valence-electron chi connectivity index (χ4n) is 1.44. The summed E-state index contributed by atoms with van der Waals surface area (Å²) in [5.41, 5.74) is 0.455. The molecule has 0 saturated carbocycles. The van der Waals surface area contributed by atoms with E-state index < -0.39 is 0 Å². The van der Waals surface area contributed by atoms with Crippen LogP contribution in [0.15, 0.2) is 28.9 Å². The Hall–Kier alpha value is -2.37. The lowest BCUT2D eigenvalue weighted by Gasteiger charge is -2.04. The topological polar surface area (TPSA) is 77.1 Å². The van der Waals surface area contributed by atoms with Crippen LogP contribution in [0.3, 0.4) is 0 Å². The normalized spacial score (nSPS) is 10.2. The zero-order valence-corrected chi connectivity index (χ0v) is 9.21. The first-order valence-corrected chi connectivity index (χ1v) is 5.02. The van der Waals surface area contributed by atoms with Crippen LogP contribution in [-0.2, 0) is 11.3 Å². The molecule has 0 radical (unpaired) electrons. The molecular formula is C11H11N3O3. The molecule has 0 spiro atoms. The Balaban J connectivity index is 2.00. The molecule has 0 saturated heterocycles. The molecule has 17 heavy (non-hydrogen) atoms. The van der Waals surface area contributed by atoms with Crippen LogP contribution in [0.5, 0.6) is 0 Å². The van der Waals surface area contributed by atoms with Crippen molar-refractivity contribution in [2.24, 2.45) is 0 Å². The van der Waals surface area contributed by atoms with Gasteiger partial charge in [0.25, 0.3) is 0 Å². The lowest BCUT2D eigenvalue weighted by molar-refractivity contribution is -0.116. The predicted octanol–water partition coefficient (Wildman–Crippen LogP) is 1.24. The second-order valence-corrected chi connectivity index (χ2v) is 3.55. The van der Waals surface area contributed by atoms with Gasteiger partial charge in [0.2, 0.25) is 5.91 Å². The van der Waals surface area contributed by atoms with Gasteiger partial charge in [-0.25, -0.2) is 0 Å². The fourth-order valence-corrected chi connectivity index (χ4v) is 1.44. The first-order chi connectivity index (χ1) is 8.19. The lowest BCUT2D eigenvalue weighted by Crippen LogP contribution is -2.19. The summed E-state index contributed by atoms with van der Waals surface area (Å²) in [6, 6.07) is 4.96. The number of carbonyl (C=O) groups is 2. The molecule has 88 valence electrons. The molecule has 0 fully saturated rings. The Bertz CT molecular complexity index is 542. The van der Waals surface area contributed by atoms with Gasteiger partial charge in [0, 0.05) is 12.3 Å². The van der Waals surface area contributed by atoms with Crippen LogP contribution in [0.25, 0.3) is 0 Å². The number of aromatic nitrogens is 2. The van der Waals surface area contributed by atoms with Gasteiger partial charge in [-0.1, -0.05) is 5.16 Å². The van der Waals surface area contributed by atoms with Crippen molar-refractivity contribution >= 4 is 18.0 Å². The Labute approximate surface area is 97.2 Å². The summed E-state index contributed by atoms with van der Waals surface area (Å²) in [5.74, 6) is 0.722. The Morgan fingerprint density at radius 2 is 2.47 bits per heavy atom.